The Morgan fingerprint density at radius 1 is 1.27 bits per heavy atom. The Morgan fingerprint density at radius 3 is 2.27 bits per heavy atom. The van der Waals surface area contributed by atoms with E-state index >= 15 is 0 Å². The molecule has 1 amide bonds. The number of hydrogen-bond donors (Lipinski definition) is 1. The molecule has 15 heavy (non-hydrogen) atoms. The highest BCUT2D eigenvalue weighted by atomic mass is 35.5. The highest BCUT2D eigenvalue weighted by Gasteiger charge is 2.24. The van der Waals surface area contributed by atoms with Crippen molar-refractivity contribution in [1.82, 2.24) is 5.32 Å². The monoisotopic (exact) mass is 245 g/mol. The van der Waals surface area contributed by atoms with Gasteiger partial charge in [0.15, 0.2) is 0 Å². The van der Waals surface area contributed by atoms with Gasteiger partial charge in [-0.05, 0) is 19.1 Å². The number of carbonyl (C=O) groups excluding carboxylic acids is 1. The molecule has 0 aliphatic rings. The lowest BCUT2D eigenvalue weighted by atomic mass is 10.1. The smallest absolute Gasteiger partial charge is 0.251 e. The molecule has 0 aliphatic carbocycles. The van der Waals surface area contributed by atoms with Crippen molar-refractivity contribution in [2.75, 3.05) is 11.8 Å². The minimum atomic E-state index is -0.559. The molecular weight excluding hydrogens is 233 g/mol. The van der Waals surface area contributed by atoms with Gasteiger partial charge < -0.3 is 5.32 Å². The Balaban J connectivity index is 2.72. The average molecular weight is 246 g/mol. The summed E-state index contributed by atoms with van der Waals surface area (Å²) < 4.78 is 0. The lowest BCUT2D eigenvalue weighted by molar-refractivity contribution is 0.0921. The van der Waals surface area contributed by atoms with E-state index in [4.69, 9.17) is 23.2 Å². The summed E-state index contributed by atoms with van der Waals surface area (Å²) in [6, 6.07) is 8.98. The third-order valence-corrected chi connectivity index (χ3v) is 3.22. The van der Waals surface area contributed by atoms with E-state index in [1.54, 1.807) is 12.1 Å². The van der Waals surface area contributed by atoms with Gasteiger partial charge in [0.05, 0.1) is 5.54 Å². The zero-order chi connectivity index (χ0) is 11.3. The first kappa shape index (κ1) is 12.3. The van der Waals surface area contributed by atoms with Gasteiger partial charge in [-0.25, -0.2) is 0 Å². The fourth-order valence-electron chi connectivity index (χ4n) is 1.04. The number of halogens is 2. The minimum absolute atomic E-state index is 0.153. The van der Waals surface area contributed by atoms with Gasteiger partial charge >= 0.3 is 0 Å². The molecule has 82 valence electrons. The van der Waals surface area contributed by atoms with E-state index in [2.05, 4.69) is 5.32 Å². The first-order valence-corrected chi connectivity index (χ1v) is 5.68. The second-order valence-electron chi connectivity index (χ2n) is 3.65. The van der Waals surface area contributed by atoms with Crippen molar-refractivity contribution in [3.8, 4) is 0 Å². The summed E-state index contributed by atoms with van der Waals surface area (Å²) in [6.07, 6.45) is 0. The summed E-state index contributed by atoms with van der Waals surface area (Å²) in [6.45, 7) is 1.81. The van der Waals surface area contributed by atoms with Crippen molar-refractivity contribution in [2.45, 2.75) is 12.5 Å². The van der Waals surface area contributed by atoms with E-state index in [1.165, 1.54) is 0 Å². The summed E-state index contributed by atoms with van der Waals surface area (Å²) in [5.41, 5.74) is 0.0507. The van der Waals surface area contributed by atoms with Crippen LogP contribution in [0.2, 0.25) is 0 Å². The second kappa shape index (κ2) is 5.38. The van der Waals surface area contributed by atoms with Gasteiger partial charge in [0.1, 0.15) is 0 Å². The molecule has 0 unspecified atom stereocenters. The highest BCUT2D eigenvalue weighted by Crippen LogP contribution is 2.10. The highest BCUT2D eigenvalue weighted by molar-refractivity contribution is 6.22. The molecule has 4 heteroatoms. The maximum Gasteiger partial charge on any atom is 0.251 e. The molecule has 0 radical (unpaired) electrons. The molecular formula is C11H13Cl2NO. The molecule has 0 heterocycles. The van der Waals surface area contributed by atoms with Crippen LogP contribution >= 0.6 is 23.2 Å². The van der Waals surface area contributed by atoms with E-state index in [0.29, 0.717) is 5.56 Å². The SMILES string of the molecule is CC(CCl)(CCl)NC(=O)c1ccccc1. The largest absolute Gasteiger partial charge is 0.344 e. The van der Waals surface area contributed by atoms with E-state index < -0.39 is 5.54 Å². The predicted octanol–water partition coefficient (Wildman–Crippen LogP) is 2.65. The zero-order valence-electron chi connectivity index (χ0n) is 8.47. The van der Waals surface area contributed by atoms with Crippen LogP contribution in [0.3, 0.4) is 0 Å². The van der Waals surface area contributed by atoms with Crippen LogP contribution < -0.4 is 5.32 Å². The van der Waals surface area contributed by atoms with Crippen molar-refractivity contribution < 1.29 is 4.79 Å². The normalized spacial score (nSPS) is 11.1. The molecule has 2 nitrogen and oxygen atoms in total. The Kier molecular flexibility index (Phi) is 4.43. The summed E-state index contributed by atoms with van der Waals surface area (Å²) >= 11 is 11.5. The maximum absolute atomic E-state index is 11.7. The quantitative estimate of drug-likeness (QED) is 0.813. The van der Waals surface area contributed by atoms with E-state index in [-0.39, 0.29) is 17.7 Å². The van der Waals surface area contributed by atoms with Crippen LogP contribution in [0.4, 0.5) is 0 Å². The third kappa shape index (κ3) is 3.40. The van der Waals surface area contributed by atoms with Crippen LogP contribution in [0.5, 0.6) is 0 Å². The number of rotatable bonds is 4. The van der Waals surface area contributed by atoms with Crippen LogP contribution in [-0.4, -0.2) is 23.2 Å². The number of benzene rings is 1. The molecule has 0 atom stereocenters. The van der Waals surface area contributed by atoms with E-state index in [1.807, 2.05) is 25.1 Å². The first-order chi connectivity index (χ1) is 7.11. The number of amides is 1. The number of alkyl halides is 2. The minimum Gasteiger partial charge on any atom is -0.344 e. The van der Waals surface area contributed by atoms with Crippen molar-refractivity contribution in [1.29, 1.82) is 0 Å². The Bertz CT molecular complexity index is 323. The van der Waals surface area contributed by atoms with Crippen LogP contribution in [-0.2, 0) is 0 Å². The lowest BCUT2D eigenvalue weighted by Gasteiger charge is -2.25. The van der Waals surface area contributed by atoms with Crippen molar-refractivity contribution in [3.63, 3.8) is 0 Å². The van der Waals surface area contributed by atoms with Crippen molar-refractivity contribution >= 4 is 29.1 Å². The lowest BCUT2D eigenvalue weighted by Crippen LogP contribution is -2.49. The van der Waals surface area contributed by atoms with Crippen molar-refractivity contribution in [2.24, 2.45) is 0 Å². The molecule has 0 aromatic heterocycles. The molecule has 0 saturated carbocycles. The van der Waals surface area contributed by atoms with E-state index in [9.17, 15) is 4.79 Å². The predicted molar refractivity (Wildman–Crippen MR) is 63.8 cm³/mol. The molecule has 1 aromatic carbocycles. The third-order valence-electron chi connectivity index (χ3n) is 2.04. The van der Waals surface area contributed by atoms with E-state index in [0.717, 1.165) is 0 Å². The second-order valence-corrected chi connectivity index (χ2v) is 4.18. The standard InChI is InChI=1S/C11H13Cl2NO/c1-11(7-12,8-13)14-10(15)9-5-3-2-4-6-9/h2-6H,7-8H2,1H3,(H,14,15). The van der Waals surface area contributed by atoms with Gasteiger partial charge in [0.25, 0.3) is 5.91 Å². The molecule has 1 rings (SSSR count). The molecule has 0 bridgehead atoms. The summed E-state index contributed by atoms with van der Waals surface area (Å²) in [4.78, 5) is 11.7. The Hall–Kier alpha value is -0.730. The van der Waals surface area contributed by atoms with Gasteiger partial charge in [-0.3, -0.25) is 4.79 Å². The molecule has 0 saturated heterocycles. The summed E-state index contributed by atoms with van der Waals surface area (Å²) in [5.74, 6) is 0.420. The fraction of sp³-hybridized carbons (Fsp3) is 0.364. The Labute approximate surface area is 99.6 Å². The molecule has 1 N–H and O–H groups in total. The number of carbonyl (C=O) groups is 1. The molecule has 0 fully saturated rings. The van der Waals surface area contributed by atoms with Crippen LogP contribution in [0.25, 0.3) is 0 Å². The summed E-state index contributed by atoms with van der Waals surface area (Å²) in [5, 5.41) is 2.81. The van der Waals surface area contributed by atoms with Gasteiger partial charge in [-0.15, -0.1) is 23.2 Å². The maximum atomic E-state index is 11.7. The number of nitrogens with one attached hydrogen (secondary N) is 1. The summed E-state index contributed by atoms with van der Waals surface area (Å²) in [7, 11) is 0. The molecule has 0 aliphatic heterocycles. The van der Waals surface area contributed by atoms with Gasteiger partial charge in [0.2, 0.25) is 0 Å². The molecule has 0 spiro atoms. The van der Waals surface area contributed by atoms with Crippen LogP contribution in [0.1, 0.15) is 17.3 Å². The van der Waals surface area contributed by atoms with Gasteiger partial charge in [0, 0.05) is 17.3 Å². The van der Waals surface area contributed by atoms with Gasteiger partial charge in [-0.2, -0.15) is 0 Å². The van der Waals surface area contributed by atoms with Crippen LogP contribution in [0.15, 0.2) is 30.3 Å². The average Bonchev–Trinajstić information content (AvgIpc) is 2.30. The van der Waals surface area contributed by atoms with Crippen LogP contribution in [0, 0.1) is 0 Å². The number of hydrogen-bond acceptors (Lipinski definition) is 1. The fourth-order valence-corrected chi connectivity index (χ4v) is 1.46. The topological polar surface area (TPSA) is 29.1 Å². The zero-order valence-corrected chi connectivity index (χ0v) is 9.98. The molecule has 1 aromatic rings. The first-order valence-electron chi connectivity index (χ1n) is 4.61. The van der Waals surface area contributed by atoms with Gasteiger partial charge in [-0.1, -0.05) is 18.2 Å². The van der Waals surface area contributed by atoms with Crippen molar-refractivity contribution in [3.05, 3.63) is 35.9 Å². The Morgan fingerprint density at radius 2 is 1.80 bits per heavy atom.